The molecule has 2 aliphatic rings. The highest BCUT2D eigenvalue weighted by atomic mass is 16.5. The van der Waals surface area contributed by atoms with Crippen LogP contribution in [-0.2, 0) is 19.2 Å². The van der Waals surface area contributed by atoms with Crippen molar-refractivity contribution in [2.75, 3.05) is 46.9 Å². The molecule has 0 bridgehead atoms. The lowest BCUT2D eigenvalue weighted by Crippen LogP contribution is -2.58. The lowest BCUT2D eigenvalue weighted by Gasteiger charge is -2.33. The molecule has 244 valence electrons. The van der Waals surface area contributed by atoms with Crippen molar-refractivity contribution in [3.63, 3.8) is 0 Å². The molecular weight excluding hydrogens is 564 g/mol. The maximum absolute atomic E-state index is 13.9. The first-order valence-corrected chi connectivity index (χ1v) is 15.6. The number of rotatable bonds is 4. The van der Waals surface area contributed by atoms with Gasteiger partial charge in [0.15, 0.2) is 0 Å². The minimum absolute atomic E-state index is 0.0568. The molecule has 3 rings (SSSR count). The molecule has 0 saturated carbocycles. The van der Waals surface area contributed by atoms with E-state index >= 15 is 0 Å². The zero-order chi connectivity index (χ0) is 32.6. The van der Waals surface area contributed by atoms with Crippen LogP contribution >= 0.6 is 0 Å². The van der Waals surface area contributed by atoms with E-state index in [9.17, 15) is 24.0 Å². The first kappa shape index (κ1) is 34.8. The predicted molar refractivity (Wildman–Crippen MR) is 167 cm³/mol. The smallest absolute Gasteiger partial charge is 0.255 e. The Kier molecular flexibility index (Phi) is 12.6. The SMILES string of the molecule is CC(C)C[C@H]1C(=O)N[C@H](C(C)C)C(=O)N[C@@H](C)COc2ccccc2C(=O)N[C@H](C(=O)N2CCCN(C)CC2)CC(=O)N1C. The lowest BCUT2D eigenvalue weighted by atomic mass is 9.98. The van der Waals surface area contributed by atoms with Crippen molar-refractivity contribution < 1.29 is 28.7 Å². The maximum atomic E-state index is 13.9. The van der Waals surface area contributed by atoms with Crippen molar-refractivity contribution in [1.82, 2.24) is 30.7 Å². The molecule has 0 aliphatic carbocycles. The van der Waals surface area contributed by atoms with Crippen LogP contribution in [-0.4, -0.2) is 115 Å². The summed E-state index contributed by atoms with van der Waals surface area (Å²) in [5.41, 5.74) is 0.208. The van der Waals surface area contributed by atoms with Gasteiger partial charge in [-0.1, -0.05) is 39.8 Å². The molecule has 1 aromatic carbocycles. The summed E-state index contributed by atoms with van der Waals surface area (Å²) in [5.74, 6) is -2.08. The van der Waals surface area contributed by atoms with Crippen molar-refractivity contribution in [2.45, 2.75) is 78.0 Å². The van der Waals surface area contributed by atoms with Gasteiger partial charge in [0.2, 0.25) is 23.6 Å². The zero-order valence-corrected chi connectivity index (χ0v) is 27.2. The van der Waals surface area contributed by atoms with Gasteiger partial charge in [0.1, 0.15) is 30.5 Å². The molecule has 1 fully saturated rings. The second-order valence-electron chi connectivity index (χ2n) is 12.8. The number of benzene rings is 1. The number of nitrogens with one attached hydrogen (secondary N) is 3. The van der Waals surface area contributed by atoms with Crippen LogP contribution in [0, 0.1) is 11.8 Å². The summed E-state index contributed by atoms with van der Waals surface area (Å²) < 4.78 is 5.96. The molecule has 44 heavy (non-hydrogen) atoms. The molecule has 4 atom stereocenters. The first-order valence-electron chi connectivity index (χ1n) is 15.6. The average molecular weight is 615 g/mol. The van der Waals surface area contributed by atoms with Gasteiger partial charge in [-0.15, -0.1) is 0 Å². The van der Waals surface area contributed by atoms with Gasteiger partial charge in [-0.2, -0.15) is 0 Å². The third kappa shape index (κ3) is 9.41. The second kappa shape index (κ2) is 15.9. The summed E-state index contributed by atoms with van der Waals surface area (Å²) in [7, 11) is 3.52. The third-order valence-electron chi connectivity index (χ3n) is 8.13. The van der Waals surface area contributed by atoms with E-state index in [0.29, 0.717) is 26.1 Å². The number of fused-ring (bicyclic) bond motifs is 1. The molecule has 2 aliphatic heterocycles. The van der Waals surface area contributed by atoms with E-state index in [4.69, 9.17) is 4.74 Å². The van der Waals surface area contributed by atoms with Crippen LogP contribution in [0.2, 0.25) is 0 Å². The van der Waals surface area contributed by atoms with Gasteiger partial charge in [-0.25, -0.2) is 0 Å². The Morgan fingerprint density at radius 2 is 1.64 bits per heavy atom. The standard InChI is InChI=1S/C32H50N6O6/c1-20(2)17-25-30(41)35-28(21(3)4)31(42)33-22(5)19-44-26-12-9-8-11-23(26)29(40)34-24(18-27(39)37(25)7)32(43)38-14-10-13-36(6)15-16-38/h8-9,11-12,20-22,24-25,28H,10,13-19H2,1-7H3,(H,33,42)(H,34,40)(H,35,41)/t22-,24-,25-,28+/m0/s1. The molecule has 5 amide bonds. The van der Waals surface area contributed by atoms with Gasteiger partial charge < -0.3 is 35.4 Å². The van der Waals surface area contributed by atoms with E-state index in [1.165, 1.54) is 11.9 Å². The molecular formula is C32H50N6O6. The van der Waals surface area contributed by atoms with Crippen molar-refractivity contribution in [3.05, 3.63) is 29.8 Å². The second-order valence-corrected chi connectivity index (χ2v) is 12.8. The van der Waals surface area contributed by atoms with E-state index in [-0.39, 0.29) is 48.0 Å². The van der Waals surface area contributed by atoms with E-state index in [1.807, 2.05) is 34.7 Å². The number of carbonyl (C=O) groups is 5. The molecule has 0 aromatic heterocycles. The Morgan fingerprint density at radius 3 is 2.32 bits per heavy atom. The van der Waals surface area contributed by atoms with E-state index in [0.717, 1.165) is 13.0 Å². The number of likely N-dealkylation sites (N-methyl/N-ethyl adjacent to an activating group) is 2. The van der Waals surface area contributed by atoms with Crippen LogP contribution < -0.4 is 20.7 Å². The largest absolute Gasteiger partial charge is 0.491 e. The molecule has 0 radical (unpaired) electrons. The molecule has 2 heterocycles. The highest BCUT2D eigenvalue weighted by Gasteiger charge is 2.36. The topological polar surface area (TPSA) is 140 Å². The highest BCUT2D eigenvalue weighted by Crippen LogP contribution is 2.20. The summed E-state index contributed by atoms with van der Waals surface area (Å²) in [6, 6.07) is 3.33. The number of carbonyl (C=O) groups excluding carboxylic acids is 5. The summed E-state index contributed by atoms with van der Waals surface area (Å²) in [4.78, 5) is 73.5. The number of hydrogen-bond acceptors (Lipinski definition) is 7. The maximum Gasteiger partial charge on any atom is 0.255 e. The summed E-state index contributed by atoms with van der Waals surface area (Å²) >= 11 is 0. The fraction of sp³-hybridized carbons (Fsp3) is 0.656. The molecule has 12 heteroatoms. The minimum Gasteiger partial charge on any atom is -0.491 e. The Labute approximate surface area is 261 Å². The Balaban J connectivity index is 2.02. The van der Waals surface area contributed by atoms with E-state index in [1.54, 1.807) is 36.1 Å². The highest BCUT2D eigenvalue weighted by molar-refractivity contribution is 6.01. The Morgan fingerprint density at radius 1 is 0.932 bits per heavy atom. The average Bonchev–Trinajstić information content (AvgIpc) is 3.19. The molecule has 0 unspecified atom stereocenters. The summed E-state index contributed by atoms with van der Waals surface area (Å²) in [6.07, 6.45) is 0.789. The van der Waals surface area contributed by atoms with Crippen LogP contribution in [0.5, 0.6) is 5.75 Å². The molecule has 0 spiro atoms. The van der Waals surface area contributed by atoms with Gasteiger partial charge >= 0.3 is 0 Å². The summed E-state index contributed by atoms with van der Waals surface area (Å²) in [6.45, 7) is 11.9. The van der Waals surface area contributed by atoms with Gasteiger partial charge in [0, 0.05) is 26.7 Å². The van der Waals surface area contributed by atoms with Crippen LogP contribution in [0.25, 0.3) is 0 Å². The fourth-order valence-electron chi connectivity index (χ4n) is 5.46. The third-order valence-corrected chi connectivity index (χ3v) is 8.13. The number of ether oxygens (including phenoxy) is 1. The number of para-hydroxylation sites is 1. The molecule has 12 nitrogen and oxygen atoms in total. The van der Waals surface area contributed by atoms with Crippen LogP contribution in [0.4, 0.5) is 0 Å². The molecule has 3 N–H and O–H groups in total. The van der Waals surface area contributed by atoms with Crippen LogP contribution in [0.15, 0.2) is 24.3 Å². The minimum atomic E-state index is -1.15. The first-order chi connectivity index (χ1) is 20.8. The van der Waals surface area contributed by atoms with Gasteiger partial charge in [-0.3, -0.25) is 24.0 Å². The summed E-state index contributed by atoms with van der Waals surface area (Å²) in [5, 5.41) is 8.58. The van der Waals surface area contributed by atoms with Gasteiger partial charge in [0.05, 0.1) is 18.0 Å². The van der Waals surface area contributed by atoms with E-state index in [2.05, 4.69) is 20.9 Å². The van der Waals surface area contributed by atoms with Crippen LogP contribution in [0.1, 0.15) is 64.2 Å². The Hall–Kier alpha value is -3.67. The van der Waals surface area contributed by atoms with E-state index < -0.39 is 41.9 Å². The van der Waals surface area contributed by atoms with Crippen molar-refractivity contribution in [3.8, 4) is 5.75 Å². The predicted octanol–water partition coefficient (Wildman–Crippen LogP) is 1.25. The van der Waals surface area contributed by atoms with Gasteiger partial charge in [0.25, 0.3) is 5.91 Å². The van der Waals surface area contributed by atoms with Gasteiger partial charge in [-0.05, 0) is 57.3 Å². The lowest BCUT2D eigenvalue weighted by molar-refractivity contribution is -0.143. The number of hydrogen-bond donors (Lipinski definition) is 3. The van der Waals surface area contributed by atoms with Crippen molar-refractivity contribution in [1.29, 1.82) is 0 Å². The quantitative estimate of drug-likeness (QED) is 0.464. The number of amides is 5. The normalized spacial score (nSPS) is 25.4. The number of nitrogens with zero attached hydrogens (tertiary/aromatic N) is 3. The van der Waals surface area contributed by atoms with Crippen molar-refractivity contribution in [2.24, 2.45) is 11.8 Å². The Bertz CT molecular complexity index is 1190. The molecule has 1 saturated heterocycles. The van der Waals surface area contributed by atoms with Crippen molar-refractivity contribution >= 4 is 29.5 Å². The monoisotopic (exact) mass is 614 g/mol. The van der Waals surface area contributed by atoms with Crippen LogP contribution in [0.3, 0.4) is 0 Å². The fourth-order valence-corrected chi connectivity index (χ4v) is 5.46. The zero-order valence-electron chi connectivity index (χ0n) is 27.2. The molecule has 1 aromatic rings.